The van der Waals surface area contributed by atoms with E-state index in [0.717, 1.165) is 4.57 Å². The molecule has 1 aromatic heterocycles. The Morgan fingerprint density at radius 1 is 0.918 bits per heavy atom. The van der Waals surface area contributed by atoms with E-state index < -0.39 is 53.6 Å². The first-order chi connectivity index (χ1) is 22.9. The molecule has 0 spiro atoms. The smallest absolute Gasteiger partial charge is 0.280 e. The second-order valence-corrected chi connectivity index (χ2v) is 20.2. The number of aromatic amines is 1. The van der Waals surface area contributed by atoms with Crippen molar-refractivity contribution in [1.29, 1.82) is 0 Å². The Morgan fingerprint density at radius 3 is 1.84 bits per heavy atom. The van der Waals surface area contributed by atoms with Gasteiger partial charge in [-0.15, -0.1) is 0 Å². The molecule has 1 unspecified atom stereocenters. The van der Waals surface area contributed by atoms with Gasteiger partial charge >= 0.3 is 0 Å². The third kappa shape index (κ3) is 5.58. The van der Waals surface area contributed by atoms with Gasteiger partial charge in [0.2, 0.25) is 0 Å². The van der Waals surface area contributed by atoms with Crippen LogP contribution in [0.5, 0.6) is 11.5 Å². The number of ether oxygens (including phenoxy) is 3. The van der Waals surface area contributed by atoms with E-state index in [2.05, 4.69) is 4.98 Å². The van der Waals surface area contributed by atoms with Crippen molar-refractivity contribution >= 4 is 20.3 Å². The highest BCUT2D eigenvalue weighted by molar-refractivity contribution is 7.71. The van der Waals surface area contributed by atoms with Gasteiger partial charge in [0.05, 0.1) is 19.6 Å². The molecule has 5 rings (SSSR count). The topological polar surface area (TPSA) is 126 Å². The van der Waals surface area contributed by atoms with Gasteiger partial charge in [-0.05, 0) is 65.1 Å². The number of methoxy groups -OCH3 is 2. The number of alkyl halides is 1. The maximum Gasteiger partial charge on any atom is 0.280 e. The van der Waals surface area contributed by atoms with E-state index in [1.807, 2.05) is 51.1 Å². The van der Waals surface area contributed by atoms with Crippen molar-refractivity contribution in [2.24, 2.45) is 0 Å². The third-order valence-electron chi connectivity index (χ3n) is 10.8. The number of nitrogens with zero attached hydrogens (tertiary/aromatic N) is 1. The van der Waals surface area contributed by atoms with Crippen molar-refractivity contribution in [2.75, 3.05) is 14.2 Å². The molecular weight excluding hydrogens is 664 g/mol. The maximum absolute atomic E-state index is 17.8. The summed E-state index contributed by atoms with van der Waals surface area (Å²) in [5.41, 5.74) is -0.0422. The lowest BCUT2D eigenvalue weighted by Crippen LogP contribution is -2.75. The average molecular weight is 709 g/mol. The lowest BCUT2D eigenvalue weighted by molar-refractivity contribution is -0.213. The Kier molecular flexibility index (Phi) is 9.65. The molecule has 4 N–H and O–H groups in total. The van der Waals surface area contributed by atoms with Crippen LogP contribution < -0.4 is 15.0 Å². The number of aliphatic hydroxyl groups is 3. The predicted molar refractivity (Wildman–Crippen MR) is 191 cm³/mol. The number of hydrogen-bond donors (Lipinski definition) is 4. The van der Waals surface area contributed by atoms with Gasteiger partial charge in [-0.25, -0.2) is 4.39 Å². The molecule has 4 aromatic rings. The molecule has 262 valence electrons. The number of benzene rings is 3. The van der Waals surface area contributed by atoms with Gasteiger partial charge in [0.15, 0.2) is 11.0 Å². The van der Waals surface area contributed by atoms with Gasteiger partial charge in [-0.3, -0.25) is 14.3 Å². The predicted octanol–water partition coefficient (Wildman–Crippen LogP) is 5.96. The molecule has 1 fully saturated rings. The summed E-state index contributed by atoms with van der Waals surface area (Å²) in [4.78, 5) is 14.9. The minimum absolute atomic E-state index is 0.183. The molecule has 2 heterocycles. The van der Waals surface area contributed by atoms with Gasteiger partial charge in [0, 0.05) is 11.8 Å². The SMILES string of the molecule is COc1ccc(C(c2ccccc2)(c2ccc(OC)cc2)C(O)[C@H]2O[C@@H](n3cc(C)c(=O)[nH]c3=S)[C@@](O)(F)[C@@]2(O)[Si](C)(C)C(C)(C)C)cc1. The Balaban J connectivity index is 1.89. The van der Waals surface area contributed by atoms with Crippen LogP contribution in [0.1, 0.15) is 49.3 Å². The van der Waals surface area contributed by atoms with E-state index >= 15 is 4.39 Å². The molecule has 0 radical (unpaired) electrons. The molecule has 0 amide bonds. The normalized spacial score (nSPS) is 23.7. The number of aromatic nitrogens is 2. The van der Waals surface area contributed by atoms with E-state index in [-0.39, 0.29) is 10.3 Å². The Hall–Kier alpha value is -3.65. The summed E-state index contributed by atoms with van der Waals surface area (Å²) in [6, 6.07) is 23.5. The molecule has 1 aliphatic heterocycles. The number of rotatable bonds is 9. The van der Waals surface area contributed by atoms with Gasteiger partial charge in [0.25, 0.3) is 11.4 Å². The van der Waals surface area contributed by atoms with E-state index in [1.54, 1.807) is 75.8 Å². The van der Waals surface area contributed by atoms with Crippen LogP contribution >= 0.6 is 12.2 Å². The molecule has 1 aliphatic rings. The van der Waals surface area contributed by atoms with Crippen molar-refractivity contribution in [1.82, 2.24) is 9.55 Å². The number of aryl methyl sites for hydroxylation is 1. The van der Waals surface area contributed by atoms with E-state index in [4.69, 9.17) is 26.4 Å². The van der Waals surface area contributed by atoms with E-state index in [0.29, 0.717) is 28.2 Å². The Bertz CT molecular complexity index is 1860. The fourth-order valence-electron chi connectivity index (χ4n) is 7.04. The van der Waals surface area contributed by atoms with Crippen LogP contribution in [0.2, 0.25) is 18.1 Å². The third-order valence-corrected chi connectivity index (χ3v) is 17.4. The van der Waals surface area contributed by atoms with Crippen LogP contribution in [0, 0.1) is 11.7 Å². The zero-order valence-corrected chi connectivity index (χ0v) is 30.8. The molecule has 0 aliphatic carbocycles. The number of halogens is 1. The second-order valence-electron chi connectivity index (χ2n) is 14.3. The van der Waals surface area contributed by atoms with Crippen LogP contribution in [0.25, 0.3) is 0 Å². The van der Waals surface area contributed by atoms with E-state index in [1.165, 1.54) is 13.1 Å². The minimum Gasteiger partial charge on any atom is -0.497 e. The standard InChI is InChI=1S/C37H45FN2O7SSi/c1-23-22-40(33(48)39-31(23)42)32-36(38,43)37(44,49(7,8)34(2,3)4)30(47-32)29(41)35(24-12-10-9-11-13-24,25-14-18-27(45-5)19-15-25)26-16-20-28(46-6)21-17-26/h9-22,29-30,32,41,43-44H,1-8H3,(H,39,42,48)/t29?,30-,32-,36+,37+/m1/s1. The largest absolute Gasteiger partial charge is 0.497 e. The van der Waals surface area contributed by atoms with Crippen LogP contribution in [0.4, 0.5) is 4.39 Å². The molecule has 0 saturated carbocycles. The lowest BCUT2D eigenvalue weighted by atomic mass is 9.64. The highest BCUT2D eigenvalue weighted by Gasteiger charge is 2.78. The summed E-state index contributed by atoms with van der Waals surface area (Å²) in [5.74, 6) is -2.34. The summed E-state index contributed by atoms with van der Waals surface area (Å²) in [6.07, 6.45) is -4.13. The summed E-state index contributed by atoms with van der Waals surface area (Å²) in [6.45, 7) is 10.7. The summed E-state index contributed by atoms with van der Waals surface area (Å²) >= 11 is 5.43. The van der Waals surface area contributed by atoms with Crippen molar-refractivity contribution < 1.29 is 33.9 Å². The lowest BCUT2D eigenvalue weighted by Gasteiger charge is -2.54. The number of H-pyrrole nitrogens is 1. The van der Waals surface area contributed by atoms with Crippen LogP contribution in [0.15, 0.2) is 89.9 Å². The van der Waals surface area contributed by atoms with Crippen LogP contribution in [-0.2, 0) is 10.2 Å². The molecular formula is C37H45FN2O7SSi. The van der Waals surface area contributed by atoms with Crippen molar-refractivity contribution in [3.63, 3.8) is 0 Å². The van der Waals surface area contributed by atoms with E-state index in [9.17, 15) is 20.1 Å². The Morgan fingerprint density at radius 2 is 1.39 bits per heavy atom. The minimum atomic E-state index is -3.50. The second kappa shape index (κ2) is 12.9. The number of nitrogens with one attached hydrogen (secondary N) is 1. The van der Waals surface area contributed by atoms with Gasteiger partial charge < -0.3 is 29.5 Å². The molecule has 9 nitrogen and oxygen atoms in total. The zero-order valence-electron chi connectivity index (χ0n) is 29.0. The molecule has 1 saturated heterocycles. The van der Waals surface area contributed by atoms with Crippen molar-refractivity contribution in [2.45, 2.75) is 80.8 Å². The van der Waals surface area contributed by atoms with Crippen LogP contribution in [0.3, 0.4) is 0 Å². The molecule has 12 heteroatoms. The maximum atomic E-state index is 17.8. The monoisotopic (exact) mass is 708 g/mol. The molecule has 0 bridgehead atoms. The first kappa shape index (κ1) is 36.6. The first-order valence-corrected chi connectivity index (χ1v) is 19.4. The van der Waals surface area contributed by atoms with Crippen molar-refractivity contribution in [3.8, 4) is 11.5 Å². The fourth-order valence-corrected chi connectivity index (χ4v) is 10.4. The summed E-state index contributed by atoms with van der Waals surface area (Å²) in [7, 11) is -0.397. The van der Waals surface area contributed by atoms with Gasteiger partial charge in [0.1, 0.15) is 37.0 Å². The Labute approximate surface area is 292 Å². The number of aliphatic hydroxyl groups excluding tert-OH is 1. The number of hydrogen-bond acceptors (Lipinski definition) is 8. The molecule has 3 aromatic carbocycles. The molecule has 49 heavy (non-hydrogen) atoms. The highest BCUT2D eigenvalue weighted by atomic mass is 32.1. The summed E-state index contributed by atoms with van der Waals surface area (Å²) < 4.78 is 36.1. The first-order valence-electron chi connectivity index (χ1n) is 16.0. The molecule has 5 atom stereocenters. The summed E-state index contributed by atoms with van der Waals surface area (Å²) in [5, 5.41) is 35.1. The van der Waals surface area contributed by atoms with Crippen LogP contribution in [-0.4, -0.2) is 70.5 Å². The van der Waals surface area contributed by atoms with Gasteiger partial charge in [-0.2, -0.15) is 0 Å². The zero-order chi connectivity index (χ0) is 36.2. The highest BCUT2D eigenvalue weighted by Crippen LogP contribution is 2.60. The quantitative estimate of drug-likeness (QED) is 0.0954. The average Bonchev–Trinajstić information content (AvgIpc) is 3.29. The van der Waals surface area contributed by atoms with Gasteiger partial charge in [-0.1, -0.05) is 88.5 Å². The van der Waals surface area contributed by atoms with Crippen molar-refractivity contribution in [3.05, 3.63) is 122 Å². The fraction of sp³-hybridized carbons (Fsp3) is 0.405.